The number of fused-ring (bicyclic) bond motifs is 6. The Balaban J connectivity index is 1.04. The number of amides is 1. The molecule has 48 heavy (non-hydrogen) atoms. The molecule has 2 aromatic rings. The highest BCUT2D eigenvalue weighted by atomic mass is 16.5. The average Bonchev–Trinajstić information content (AvgIpc) is 3.59. The number of aliphatic hydroxyl groups excluding tert-OH is 1. The Kier molecular flexibility index (Phi) is 8.97. The highest BCUT2D eigenvalue weighted by molar-refractivity contribution is 6.01. The molecule has 4 N–H and O–H groups in total. The van der Waals surface area contributed by atoms with Crippen LogP contribution in [0.4, 0.5) is 0 Å². The number of aromatic nitrogens is 1. The zero-order valence-corrected chi connectivity index (χ0v) is 27.6. The van der Waals surface area contributed by atoms with Crippen LogP contribution in [0.3, 0.4) is 0 Å². The molecule has 0 unspecified atom stereocenters. The van der Waals surface area contributed by atoms with Crippen LogP contribution in [-0.2, 0) is 39.9 Å². The second-order valence-electron chi connectivity index (χ2n) is 14.4. The van der Waals surface area contributed by atoms with E-state index in [-0.39, 0.29) is 55.6 Å². The number of ketones is 2. The molecule has 0 saturated heterocycles. The molecule has 256 valence electrons. The zero-order chi connectivity index (χ0) is 34.4. The van der Waals surface area contributed by atoms with Crippen LogP contribution in [0.1, 0.15) is 64.4 Å². The molecular weight excluding hydrogens is 616 g/mol. The van der Waals surface area contributed by atoms with Gasteiger partial charge in [-0.3, -0.25) is 19.2 Å². The molecule has 0 bridgehead atoms. The standard InChI is InChI=1S/C37H44N2O9/c1-35-14-12-23(40)17-22(35)8-9-25-26-13-15-37(46,36(26,2)18-29(41)33(25)35)30(42)20-48-32(44)11-10-31(43)39-28(34(45)47-3)16-21-19-38-27-7-5-4-6-24(21)27/h4-7,12,14,17,19,25-26,28-29,33,38,41,46H,8-11,13,15-16,18,20H2,1-3H3,(H,39,43)/t25-,26+,28-,29+,33+,35-,36-,37+/m0/s1. The minimum atomic E-state index is -1.78. The van der Waals surface area contributed by atoms with Crippen LogP contribution in [-0.4, -0.2) is 76.1 Å². The molecule has 11 heteroatoms. The first-order valence-corrected chi connectivity index (χ1v) is 16.8. The van der Waals surface area contributed by atoms with Crippen molar-refractivity contribution in [3.8, 4) is 0 Å². The molecular formula is C37H44N2O9. The van der Waals surface area contributed by atoms with Gasteiger partial charge in [0.1, 0.15) is 11.6 Å². The first kappa shape index (κ1) is 33.8. The Labute approximate surface area is 279 Å². The van der Waals surface area contributed by atoms with E-state index < -0.39 is 58.8 Å². The van der Waals surface area contributed by atoms with Gasteiger partial charge in [-0.05, 0) is 67.7 Å². The van der Waals surface area contributed by atoms with E-state index in [1.54, 1.807) is 18.3 Å². The third-order valence-electron chi connectivity index (χ3n) is 11.9. The summed E-state index contributed by atoms with van der Waals surface area (Å²) in [5, 5.41) is 27.0. The second kappa shape index (κ2) is 12.7. The third-order valence-corrected chi connectivity index (χ3v) is 11.9. The van der Waals surface area contributed by atoms with Gasteiger partial charge in [0.05, 0.1) is 19.6 Å². The van der Waals surface area contributed by atoms with Crippen LogP contribution in [0.2, 0.25) is 0 Å². The minimum Gasteiger partial charge on any atom is -0.467 e. The lowest BCUT2D eigenvalue weighted by molar-refractivity contribution is -0.181. The number of hydrogen-bond acceptors (Lipinski definition) is 9. The van der Waals surface area contributed by atoms with Gasteiger partial charge in [-0.2, -0.15) is 0 Å². The Hall–Kier alpha value is -4.09. The molecule has 8 atom stereocenters. The zero-order valence-electron chi connectivity index (χ0n) is 27.6. The van der Waals surface area contributed by atoms with Crippen molar-refractivity contribution in [3.05, 3.63) is 59.8 Å². The normalized spacial score (nSPS) is 32.8. The molecule has 1 aromatic carbocycles. The van der Waals surface area contributed by atoms with Gasteiger partial charge in [-0.15, -0.1) is 0 Å². The fraction of sp³-hybridized carbons (Fsp3) is 0.541. The Morgan fingerprint density at radius 3 is 2.67 bits per heavy atom. The number of ether oxygens (including phenoxy) is 2. The third kappa shape index (κ3) is 5.70. The van der Waals surface area contributed by atoms with Gasteiger partial charge in [-0.1, -0.05) is 43.7 Å². The lowest BCUT2D eigenvalue weighted by atomic mass is 9.46. The SMILES string of the molecule is COC(=O)[C@H](Cc1c[nH]c2ccccc12)NC(=O)CCC(=O)OCC(=O)[C@]1(O)CC[C@@H]2[C@@H]3CCC4=CC(=O)C=C[C@]4(C)[C@H]3[C@H](O)C[C@@]21C. The summed E-state index contributed by atoms with van der Waals surface area (Å²) in [6.45, 7) is 3.27. The van der Waals surface area contributed by atoms with E-state index in [2.05, 4.69) is 17.2 Å². The summed E-state index contributed by atoms with van der Waals surface area (Å²) < 4.78 is 10.1. The number of benzene rings is 1. The number of allylic oxidation sites excluding steroid dienone is 4. The van der Waals surface area contributed by atoms with E-state index in [0.29, 0.717) is 12.8 Å². The number of carbonyl (C=O) groups excluding carboxylic acids is 5. The van der Waals surface area contributed by atoms with Crippen molar-refractivity contribution < 1.29 is 43.7 Å². The van der Waals surface area contributed by atoms with Crippen LogP contribution in [0.15, 0.2) is 54.3 Å². The Morgan fingerprint density at radius 1 is 1.12 bits per heavy atom. The fourth-order valence-electron chi connectivity index (χ4n) is 9.46. The number of aromatic amines is 1. The summed E-state index contributed by atoms with van der Waals surface area (Å²) in [5.41, 5.74) is -0.424. The van der Waals surface area contributed by atoms with Crippen molar-refractivity contribution in [1.82, 2.24) is 10.3 Å². The van der Waals surface area contributed by atoms with E-state index in [4.69, 9.17) is 9.47 Å². The van der Waals surface area contributed by atoms with Gasteiger partial charge in [0.2, 0.25) is 11.7 Å². The van der Waals surface area contributed by atoms with Gasteiger partial charge in [-0.25, -0.2) is 4.79 Å². The lowest BCUT2D eigenvalue weighted by Gasteiger charge is -2.59. The van der Waals surface area contributed by atoms with E-state index in [1.165, 1.54) is 7.11 Å². The molecule has 4 aliphatic carbocycles. The lowest BCUT2D eigenvalue weighted by Crippen LogP contribution is -2.61. The van der Waals surface area contributed by atoms with Crippen molar-refractivity contribution in [1.29, 1.82) is 0 Å². The Morgan fingerprint density at radius 2 is 1.90 bits per heavy atom. The topological polar surface area (TPSA) is 172 Å². The van der Waals surface area contributed by atoms with Crippen LogP contribution in [0.25, 0.3) is 10.9 Å². The molecule has 0 spiro atoms. The summed E-state index contributed by atoms with van der Waals surface area (Å²) in [4.78, 5) is 66.6. The van der Waals surface area contributed by atoms with E-state index in [0.717, 1.165) is 28.5 Å². The summed E-state index contributed by atoms with van der Waals surface area (Å²) in [7, 11) is 1.23. The van der Waals surface area contributed by atoms with Gasteiger partial charge >= 0.3 is 11.9 Å². The number of Topliss-reactive ketones (excluding diaryl/α,β-unsaturated/α-hetero) is 1. The van der Waals surface area contributed by atoms with Crippen LogP contribution < -0.4 is 5.32 Å². The number of aliphatic hydroxyl groups is 2. The molecule has 0 radical (unpaired) electrons. The fourth-order valence-corrected chi connectivity index (χ4v) is 9.46. The molecule has 3 fully saturated rings. The number of nitrogens with one attached hydrogen (secondary N) is 2. The monoisotopic (exact) mass is 660 g/mol. The average molecular weight is 661 g/mol. The first-order valence-electron chi connectivity index (χ1n) is 16.8. The van der Waals surface area contributed by atoms with Crippen LogP contribution in [0.5, 0.6) is 0 Å². The Bertz CT molecular complexity index is 1710. The molecule has 1 heterocycles. The van der Waals surface area contributed by atoms with Gasteiger partial charge in [0, 0.05) is 46.7 Å². The van der Waals surface area contributed by atoms with Crippen molar-refractivity contribution in [2.45, 2.75) is 83.0 Å². The highest BCUT2D eigenvalue weighted by Crippen LogP contribution is 2.67. The predicted molar refractivity (Wildman–Crippen MR) is 174 cm³/mol. The minimum absolute atomic E-state index is 0.0318. The number of carbonyl (C=O) groups is 5. The number of para-hydroxylation sites is 1. The van der Waals surface area contributed by atoms with Gasteiger partial charge in [0.15, 0.2) is 12.4 Å². The molecule has 0 aliphatic heterocycles. The van der Waals surface area contributed by atoms with Crippen molar-refractivity contribution in [3.63, 3.8) is 0 Å². The van der Waals surface area contributed by atoms with E-state index in [1.807, 2.05) is 37.3 Å². The first-order chi connectivity index (χ1) is 22.8. The summed E-state index contributed by atoms with van der Waals surface area (Å²) in [5.74, 6) is -2.74. The number of hydrogen-bond donors (Lipinski definition) is 4. The summed E-state index contributed by atoms with van der Waals surface area (Å²) in [6, 6.07) is 6.61. The largest absolute Gasteiger partial charge is 0.467 e. The molecule has 11 nitrogen and oxygen atoms in total. The van der Waals surface area contributed by atoms with Crippen molar-refractivity contribution in [2.24, 2.45) is 28.6 Å². The number of H-pyrrole nitrogens is 1. The molecule has 1 aromatic heterocycles. The van der Waals surface area contributed by atoms with Gasteiger partial charge < -0.3 is 30.0 Å². The molecule has 4 aliphatic rings. The summed E-state index contributed by atoms with van der Waals surface area (Å²) >= 11 is 0. The molecule has 3 saturated carbocycles. The number of rotatable bonds is 10. The van der Waals surface area contributed by atoms with Crippen LogP contribution >= 0.6 is 0 Å². The van der Waals surface area contributed by atoms with Crippen molar-refractivity contribution in [2.75, 3.05) is 13.7 Å². The predicted octanol–water partition coefficient (Wildman–Crippen LogP) is 3.27. The number of esters is 2. The van der Waals surface area contributed by atoms with Crippen LogP contribution in [0, 0.1) is 28.6 Å². The molecule has 1 amide bonds. The summed E-state index contributed by atoms with van der Waals surface area (Å²) in [6.07, 6.45) is 8.20. The maximum Gasteiger partial charge on any atom is 0.328 e. The molecule has 6 rings (SSSR count). The van der Waals surface area contributed by atoms with E-state index >= 15 is 0 Å². The highest BCUT2D eigenvalue weighted by Gasteiger charge is 2.68. The maximum absolute atomic E-state index is 13.6. The smallest absolute Gasteiger partial charge is 0.328 e. The quantitative estimate of drug-likeness (QED) is 0.279. The van der Waals surface area contributed by atoms with Gasteiger partial charge in [0.25, 0.3) is 0 Å². The van der Waals surface area contributed by atoms with Crippen molar-refractivity contribution >= 4 is 40.3 Å². The second-order valence-corrected chi connectivity index (χ2v) is 14.4. The van der Waals surface area contributed by atoms with E-state index in [9.17, 15) is 34.2 Å². The number of methoxy groups -OCH3 is 1. The maximum atomic E-state index is 13.6.